The first kappa shape index (κ1) is 20.4. The summed E-state index contributed by atoms with van der Waals surface area (Å²) in [7, 11) is 1.45. The summed E-state index contributed by atoms with van der Waals surface area (Å²) in [6.45, 7) is 0. The third-order valence-corrected chi connectivity index (χ3v) is 8.20. The van der Waals surface area contributed by atoms with E-state index in [1.165, 1.54) is 29.9 Å². The molecule has 4 aliphatic carbocycles. The van der Waals surface area contributed by atoms with Crippen LogP contribution in [-0.2, 0) is 9.53 Å². The minimum Gasteiger partial charge on any atom is -0.469 e. The van der Waals surface area contributed by atoms with Gasteiger partial charge in [0.25, 0.3) is 11.5 Å². The Morgan fingerprint density at radius 3 is 2.48 bits per heavy atom. The van der Waals surface area contributed by atoms with Crippen LogP contribution < -0.4 is 10.9 Å². The zero-order chi connectivity index (χ0) is 22.8. The van der Waals surface area contributed by atoms with Crippen LogP contribution in [0.5, 0.6) is 0 Å². The lowest BCUT2D eigenvalue weighted by molar-refractivity contribution is -0.160. The molecule has 1 aromatic carbocycles. The maximum atomic E-state index is 13.4. The molecular formula is C26H27N3O4. The largest absolute Gasteiger partial charge is 0.469 e. The molecule has 7 rings (SSSR count). The van der Waals surface area contributed by atoms with Gasteiger partial charge in [0, 0.05) is 11.7 Å². The van der Waals surface area contributed by atoms with Crippen molar-refractivity contribution in [2.24, 2.45) is 5.41 Å². The van der Waals surface area contributed by atoms with Gasteiger partial charge in [-0.05, 0) is 87.1 Å². The fraction of sp³-hybridized carbons (Fsp3) is 0.462. The van der Waals surface area contributed by atoms with E-state index in [1.807, 2.05) is 18.2 Å². The van der Waals surface area contributed by atoms with Gasteiger partial charge in [0.1, 0.15) is 0 Å². The second kappa shape index (κ2) is 7.14. The number of methoxy groups -OCH3 is 1. The Bertz CT molecular complexity index is 1350. The van der Waals surface area contributed by atoms with Crippen LogP contribution in [0.3, 0.4) is 0 Å². The van der Waals surface area contributed by atoms with E-state index in [0.29, 0.717) is 28.0 Å². The summed E-state index contributed by atoms with van der Waals surface area (Å²) in [5.41, 5.74) is 1.70. The number of hydrogen-bond acceptors (Lipinski definition) is 5. The van der Waals surface area contributed by atoms with Gasteiger partial charge in [-0.2, -0.15) is 0 Å². The number of aromatic nitrogens is 2. The summed E-state index contributed by atoms with van der Waals surface area (Å²) < 4.78 is 6.53. The Hall–Kier alpha value is -3.22. The predicted octanol–water partition coefficient (Wildman–Crippen LogP) is 3.72. The molecule has 7 nitrogen and oxygen atoms in total. The van der Waals surface area contributed by atoms with E-state index in [0.717, 1.165) is 38.5 Å². The van der Waals surface area contributed by atoms with Gasteiger partial charge in [0.2, 0.25) is 0 Å². The Kier molecular flexibility index (Phi) is 4.41. The highest BCUT2D eigenvalue weighted by Crippen LogP contribution is 2.53. The van der Waals surface area contributed by atoms with Crippen LogP contribution >= 0.6 is 0 Å². The monoisotopic (exact) mass is 445 g/mol. The van der Waals surface area contributed by atoms with Gasteiger partial charge in [-0.15, -0.1) is 0 Å². The van der Waals surface area contributed by atoms with Crippen molar-refractivity contribution in [2.45, 2.75) is 62.8 Å². The average molecular weight is 446 g/mol. The quantitative estimate of drug-likeness (QED) is 0.488. The van der Waals surface area contributed by atoms with E-state index in [2.05, 4.69) is 5.32 Å². The van der Waals surface area contributed by atoms with E-state index in [-0.39, 0.29) is 23.0 Å². The van der Waals surface area contributed by atoms with Gasteiger partial charge in [-0.25, -0.2) is 4.98 Å². The lowest BCUT2D eigenvalue weighted by atomic mass is 9.57. The van der Waals surface area contributed by atoms with Gasteiger partial charge in [0.15, 0.2) is 5.65 Å². The van der Waals surface area contributed by atoms with E-state index in [9.17, 15) is 14.4 Å². The minimum atomic E-state index is -0.395. The van der Waals surface area contributed by atoms with Crippen LogP contribution in [-0.4, -0.2) is 33.9 Å². The number of carbonyl (C=O) groups excluding carboxylic acids is 2. The number of benzene rings is 1. The molecule has 3 aromatic rings. The van der Waals surface area contributed by atoms with Crippen LogP contribution in [0.2, 0.25) is 0 Å². The van der Waals surface area contributed by atoms with E-state index in [1.54, 1.807) is 18.3 Å². The Morgan fingerprint density at radius 2 is 1.82 bits per heavy atom. The molecule has 2 bridgehead atoms. The molecule has 1 amide bonds. The van der Waals surface area contributed by atoms with Crippen LogP contribution in [0.25, 0.3) is 16.6 Å². The first-order valence-electron chi connectivity index (χ1n) is 11.8. The van der Waals surface area contributed by atoms with Crippen molar-refractivity contribution < 1.29 is 14.3 Å². The van der Waals surface area contributed by atoms with Gasteiger partial charge < -0.3 is 10.1 Å². The molecule has 1 N–H and O–H groups in total. The SMILES string of the molecule is COC(=O)C12CCC(NC(=O)c3cccn4c(=O)c5cc(C6CC6)ccc5nc34)(CC1)CC2. The second-order valence-corrected chi connectivity index (χ2v) is 10.1. The number of pyridine rings is 1. The van der Waals surface area contributed by atoms with Gasteiger partial charge in [0.05, 0.1) is 29.0 Å². The van der Waals surface area contributed by atoms with Crippen LogP contribution in [0.1, 0.15) is 73.2 Å². The number of nitrogens with one attached hydrogen (secondary N) is 1. The lowest BCUT2D eigenvalue weighted by Gasteiger charge is -2.52. The number of ether oxygens (including phenoxy) is 1. The van der Waals surface area contributed by atoms with Crippen molar-refractivity contribution in [3.63, 3.8) is 0 Å². The molecule has 4 aliphatic rings. The first-order valence-corrected chi connectivity index (χ1v) is 11.8. The molecule has 0 radical (unpaired) electrons. The highest BCUT2D eigenvalue weighted by atomic mass is 16.5. The third-order valence-electron chi connectivity index (χ3n) is 8.20. The van der Waals surface area contributed by atoms with Crippen molar-refractivity contribution in [2.75, 3.05) is 7.11 Å². The number of amides is 1. The zero-order valence-corrected chi connectivity index (χ0v) is 18.7. The molecule has 0 saturated heterocycles. The summed E-state index contributed by atoms with van der Waals surface area (Å²) in [4.78, 5) is 43.7. The molecule has 0 unspecified atom stereocenters. The number of hydrogen-bond donors (Lipinski definition) is 1. The lowest BCUT2D eigenvalue weighted by Crippen LogP contribution is -2.58. The topological polar surface area (TPSA) is 89.8 Å². The predicted molar refractivity (Wildman–Crippen MR) is 123 cm³/mol. The molecule has 33 heavy (non-hydrogen) atoms. The van der Waals surface area contributed by atoms with Crippen molar-refractivity contribution >= 4 is 28.4 Å². The summed E-state index contributed by atoms with van der Waals surface area (Å²) in [5, 5.41) is 3.85. The van der Waals surface area contributed by atoms with Crippen molar-refractivity contribution in [1.29, 1.82) is 0 Å². The van der Waals surface area contributed by atoms with Gasteiger partial charge in [-0.3, -0.25) is 18.8 Å². The average Bonchev–Trinajstić information content (AvgIpc) is 3.70. The minimum absolute atomic E-state index is 0.128. The number of esters is 1. The number of carbonyl (C=O) groups is 2. The normalized spacial score (nSPS) is 26.5. The maximum Gasteiger partial charge on any atom is 0.311 e. The number of rotatable bonds is 4. The molecule has 4 fully saturated rings. The molecule has 0 spiro atoms. The Balaban J connectivity index is 1.33. The summed E-state index contributed by atoms with van der Waals surface area (Å²) >= 11 is 0. The molecule has 0 atom stereocenters. The highest BCUT2D eigenvalue weighted by molar-refractivity contribution is 6.01. The molecule has 4 saturated carbocycles. The number of fused-ring (bicyclic) bond motifs is 5. The summed E-state index contributed by atoms with van der Waals surface area (Å²) in [6, 6.07) is 9.35. The van der Waals surface area contributed by atoms with E-state index >= 15 is 0 Å². The Labute approximate surface area is 191 Å². The molecule has 7 heteroatoms. The summed E-state index contributed by atoms with van der Waals surface area (Å²) in [6.07, 6.45) is 8.43. The van der Waals surface area contributed by atoms with Crippen LogP contribution in [0.15, 0.2) is 41.3 Å². The maximum absolute atomic E-state index is 13.4. The standard InChI is InChI=1S/C26H27N3O4/c1-33-24(32)25-8-11-26(12-9-25,13-10-25)28-22(30)18-3-2-14-29-21(18)27-20-7-6-17(16-4-5-16)15-19(20)23(29)31/h2-3,6-7,14-16H,4-5,8-13H2,1H3,(H,28,30). The molecule has 170 valence electrons. The summed E-state index contributed by atoms with van der Waals surface area (Å²) in [5.74, 6) is 0.202. The fourth-order valence-corrected chi connectivity index (χ4v) is 5.90. The van der Waals surface area contributed by atoms with E-state index < -0.39 is 5.41 Å². The van der Waals surface area contributed by atoms with Crippen molar-refractivity contribution in [1.82, 2.24) is 14.7 Å². The fourth-order valence-electron chi connectivity index (χ4n) is 5.90. The first-order chi connectivity index (χ1) is 15.9. The third kappa shape index (κ3) is 3.16. The smallest absolute Gasteiger partial charge is 0.311 e. The van der Waals surface area contributed by atoms with Crippen molar-refractivity contribution in [3.05, 3.63) is 58.0 Å². The Morgan fingerprint density at radius 1 is 1.09 bits per heavy atom. The second-order valence-electron chi connectivity index (χ2n) is 10.1. The molecule has 0 aliphatic heterocycles. The van der Waals surface area contributed by atoms with E-state index in [4.69, 9.17) is 9.72 Å². The molecule has 2 aromatic heterocycles. The van der Waals surface area contributed by atoms with Gasteiger partial charge >= 0.3 is 5.97 Å². The van der Waals surface area contributed by atoms with Gasteiger partial charge in [-0.1, -0.05) is 6.07 Å². The molecule has 2 heterocycles. The van der Waals surface area contributed by atoms with Crippen molar-refractivity contribution in [3.8, 4) is 0 Å². The van der Waals surface area contributed by atoms with Crippen LogP contribution in [0.4, 0.5) is 0 Å². The zero-order valence-electron chi connectivity index (χ0n) is 18.7. The highest BCUT2D eigenvalue weighted by Gasteiger charge is 2.53. The van der Waals surface area contributed by atoms with Crippen LogP contribution in [0, 0.1) is 5.41 Å². The molecular weight excluding hydrogens is 418 g/mol. The number of nitrogens with zero attached hydrogens (tertiary/aromatic N) is 2.